The second-order valence-corrected chi connectivity index (χ2v) is 19.9. The molecule has 0 saturated heterocycles. The van der Waals surface area contributed by atoms with Crippen LogP contribution in [0, 0.1) is 0 Å². The van der Waals surface area contributed by atoms with Crippen molar-refractivity contribution in [3.05, 3.63) is 72.9 Å². The van der Waals surface area contributed by atoms with Crippen LogP contribution < -0.4 is 0 Å². The first-order chi connectivity index (χ1) is 34.5. The van der Waals surface area contributed by atoms with E-state index in [9.17, 15) is 14.4 Å². The molecule has 70 heavy (non-hydrogen) atoms. The van der Waals surface area contributed by atoms with Gasteiger partial charge in [-0.1, -0.05) is 261 Å². The zero-order valence-corrected chi connectivity index (χ0v) is 46.3. The van der Waals surface area contributed by atoms with E-state index in [1.165, 1.54) is 154 Å². The highest BCUT2D eigenvalue weighted by Crippen LogP contribution is 2.16. The van der Waals surface area contributed by atoms with Crippen molar-refractivity contribution in [1.29, 1.82) is 0 Å². The molecule has 0 bridgehead atoms. The van der Waals surface area contributed by atoms with E-state index >= 15 is 0 Å². The van der Waals surface area contributed by atoms with Gasteiger partial charge in [0.05, 0.1) is 0 Å². The van der Waals surface area contributed by atoms with Crippen LogP contribution >= 0.6 is 0 Å². The van der Waals surface area contributed by atoms with E-state index in [0.29, 0.717) is 19.3 Å². The lowest BCUT2D eigenvalue weighted by Gasteiger charge is -2.18. The van der Waals surface area contributed by atoms with Crippen LogP contribution in [-0.4, -0.2) is 37.2 Å². The molecule has 0 fully saturated rings. The van der Waals surface area contributed by atoms with Gasteiger partial charge in [-0.15, -0.1) is 0 Å². The number of rotatable bonds is 54. The molecule has 0 aromatic carbocycles. The Hall–Kier alpha value is -3.15. The average Bonchev–Trinajstić information content (AvgIpc) is 3.36. The number of esters is 3. The van der Waals surface area contributed by atoms with Crippen molar-refractivity contribution in [3.63, 3.8) is 0 Å². The molecular formula is C64H112O6. The third-order valence-electron chi connectivity index (χ3n) is 12.9. The highest BCUT2D eigenvalue weighted by molar-refractivity contribution is 5.71. The Bertz CT molecular complexity index is 1310. The molecule has 0 amide bonds. The molecular weight excluding hydrogens is 865 g/mol. The molecule has 0 aromatic heterocycles. The minimum Gasteiger partial charge on any atom is -0.462 e. The molecule has 6 heteroatoms. The van der Waals surface area contributed by atoms with E-state index in [1.807, 2.05) is 0 Å². The van der Waals surface area contributed by atoms with Gasteiger partial charge in [0.2, 0.25) is 0 Å². The Morgan fingerprint density at radius 3 is 0.900 bits per heavy atom. The Morgan fingerprint density at radius 1 is 0.300 bits per heavy atom. The number of hydrogen-bond acceptors (Lipinski definition) is 6. The van der Waals surface area contributed by atoms with Gasteiger partial charge >= 0.3 is 17.9 Å². The summed E-state index contributed by atoms with van der Waals surface area (Å²) in [4.78, 5) is 38.2. The summed E-state index contributed by atoms with van der Waals surface area (Å²) in [6.45, 7) is 6.52. The fourth-order valence-electron chi connectivity index (χ4n) is 8.47. The summed E-state index contributed by atoms with van der Waals surface area (Å²) >= 11 is 0. The molecule has 0 radical (unpaired) electrons. The summed E-state index contributed by atoms with van der Waals surface area (Å²) < 4.78 is 16.9. The van der Waals surface area contributed by atoms with Gasteiger partial charge in [-0.2, -0.15) is 0 Å². The molecule has 0 saturated carbocycles. The number of unbranched alkanes of at least 4 members (excludes halogenated alkanes) is 31. The van der Waals surface area contributed by atoms with Crippen LogP contribution in [0.4, 0.5) is 0 Å². The predicted molar refractivity (Wildman–Crippen MR) is 302 cm³/mol. The van der Waals surface area contributed by atoms with Crippen molar-refractivity contribution in [3.8, 4) is 0 Å². The summed E-state index contributed by atoms with van der Waals surface area (Å²) in [5.41, 5.74) is 0. The van der Waals surface area contributed by atoms with Gasteiger partial charge in [0, 0.05) is 19.3 Å². The first-order valence-corrected chi connectivity index (χ1v) is 29.9. The minimum atomic E-state index is -0.779. The largest absolute Gasteiger partial charge is 0.462 e. The fourth-order valence-corrected chi connectivity index (χ4v) is 8.47. The molecule has 0 N–H and O–H groups in total. The van der Waals surface area contributed by atoms with E-state index < -0.39 is 6.10 Å². The molecule has 6 nitrogen and oxygen atoms in total. The zero-order chi connectivity index (χ0) is 50.7. The van der Waals surface area contributed by atoms with Crippen molar-refractivity contribution in [2.24, 2.45) is 0 Å². The lowest BCUT2D eigenvalue weighted by atomic mass is 10.0. The van der Waals surface area contributed by atoms with Gasteiger partial charge in [-0.3, -0.25) is 14.4 Å². The maximum atomic E-state index is 12.8. The number of carbonyl (C=O) groups excluding carboxylic acids is 3. The first-order valence-electron chi connectivity index (χ1n) is 29.9. The third kappa shape index (κ3) is 55.8. The SMILES string of the molecule is CC/C=C\C/C=C\C/C=C\C/C=C\C/C=C\CCCCCCCCCCCC(=O)OCC(COC(=O)CCCCCCC/C=C\CCCCCC)OC(=O)CCCCCCCCCCCCCCCC. The Kier molecular flexibility index (Phi) is 55.8. The molecule has 1 unspecified atom stereocenters. The Labute approximate surface area is 433 Å². The van der Waals surface area contributed by atoms with Gasteiger partial charge in [0.25, 0.3) is 0 Å². The lowest BCUT2D eigenvalue weighted by molar-refractivity contribution is -0.167. The van der Waals surface area contributed by atoms with Crippen molar-refractivity contribution in [2.45, 2.75) is 303 Å². The first kappa shape index (κ1) is 66.9. The maximum Gasteiger partial charge on any atom is 0.306 e. The topological polar surface area (TPSA) is 78.9 Å². The summed E-state index contributed by atoms with van der Waals surface area (Å²) in [5, 5.41) is 0. The van der Waals surface area contributed by atoms with E-state index in [1.54, 1.807) is 0 Å². The van der Waals surface area contributed by atoms with Gasteiger partial charge in [-0.25, -0.2) is 0 Å². The molecule has 404 valence electrons. The van der Waals surface area contributed by atoms with Gasteiger partial charge in [-0.05, 0) is 89.9 Å². The maximum absolute atomic E-state index is 12.8. The van der Waals surface area contributed by atoms with Crippen LogP contribution in [0.2, 0.25) is 0 Å². The smallest absolute Gasteiger partial charge is 0.306 e. The number of ether oxygens (including phenoxy) is 3. The van der Waals surface area contributed by atoms with E-state index in [-0.39, 0.29) is 31.1 Å². The van der Waals surface area contributed by atoms with E-state index in [4.69, 9.17) is 14.2 Å². The molecule has 0 aliphatic carbocycles. The third-order valence-corrected chi connectivity index (χ3v) is 12.9. The highest BCUT2D eigenvalue weighted by Gasteiger charge is 2.19. The molecule has 0 aliphatic rings. The molecule has 0 heterocycles. The number of hydrogen-bond donors (Lipinski definition) is 0. The molecule has 0 aromatic rings. The molecule has 0 rings (SSSR count). The Balaban J connectivity index is 4.30. The van der Waals surface area contributed by atoms with Crippen molar-refractivity contribution >= 4 is 17.9 Å². The van der Waals surface area contributed by atoms with Crippen LogP contribution in [0.15, 0.2) is 72.9 Å². The normalized spacial score (nSPS) is 12.6. The van der Waals surface area contributed by atoms with Crippen LogP contribution in [-0.2, 0) is 28.6 Å². The van der Waals surface area contributed by atoms with Gasteiger partial charge in [0.15, 0.2) is 6.10 Å². The van der Waals surface area contributed by atoms with Crippen LogP contribution in [0.3, 0.4) is 0 Å². The molecule has 0 spiro atoms. The summed E-state index contributed by atoms with van der Waals surface area (Å²) in [6, 6.07) is 0. The number of carbonyl (C=O) groups is 3. The fraction of sp³-hybridized carbons (Fsp3) is 0.766. The predicted octanol–water partition coefficient (Wildman–Crippen LogP) is 20.2. The summed E-state index contributed by atoms with van der Waals surface area (Å²) in [6.07, 6.45) is 74.7. The quantitative estimate of drug-likeness (QED) is 0.0261. The van der Waals surface area contributed by atoms with E-state index in [2.05, 4.69) is 93.7 Å². The van der Waals surface area contributed by atoms with Crippen molar-refractivity contribution in [2.75, 3.05) is 13.2 Å². The number of allylic oxidation sites excluding steroid dienone is 12. The van der Waals surface area contributed by atoms with E-state index in [0.717, 1.165) is 103 Å². The second-order valence-electron chi connectivity index (χ2n) is 19.9. The van der Waals surface area contributed by atoms with Gasteiger partial charge < -0.3 is 14.2 Å². The van der Waals surface area contributed by atoms with Crippen molar-refractivity contribution in [1.82, 2.24) is 0 Å². The zero-order valence-electron chi connectivity index (χ0n) is 46.3. The van der Waals surface area contributed by atoms with Crippen LogP contribution in [0.25, 0.3) is 0 Å². The standard InChI is InChI=1S/C64H112O6/c1-4-7-10-13-16-19-22-25-27-28-29-30-31-32-33-34-35-36-37-40-42-45-48-51-54-57-63(66)69-60-61(59-68-62(65)56-53-50-47-44-41-38-24-21-18-15-12-9-6-3)70-64(67)58-55-52-49-46-43-39-26-23-20-17-14-11-8-5-2/h7,10,16,19,21,24-25,27,29-30,32-33,61H,4-6,8-9,11-15,17-18,20,22-23,26,28,31,34-60H2,1-3H3/b10-7-,19-16-,24-21-,27-25-,30-29-,33-32-. The van der Waals surface area contributed by atoms with Crippen molar-refractivity contribution < 1.29 is 28.6 Å². The van der Waals surface area contributed by atoms with Crippen LogP contribution in [0.1, 0.15) is 297 Å². The molecule has 0 aliphatic heterocycles. The van der Waals surface area contributed by atoms with Gasteiger partial charge in [0.1, 0.15) is 13.2 Å². The summed E-state index contributed by atoms with van der Waals surface area (Å²) in [7, 11) is 0. The highest BCUT2D eigenvalue weighted by atomic mass is 16.6. The lowest BCUT2D eigenvalue weighted by Crippen LogP contribution is -2.30. The second kappa shape index (κ2) is 58.4. The average molecular weight is 978 g/mol. The summed E-state index contributed by atoms with van der Waals surface area (Å²) in [5.74, 6) is -0.881. The Morgan fingerprint density at radius 2 is 0.557 bits per heavy atom. The minimum absolute atomic E-state index is 0.0785. The monoisotopic (exact) mass is 977 g/mol. The molecule has 1 atom stereocenters. The van der Waals surface area contributed by atoms with Crippen LogP contribution in [0.5, 0.6) is 0 Å².